The third-order valence-corrected chi connectivity index (χ3v) is 2.64. The summed E-state index contributed by atoms with van der Waals surface area (Å²) in [7, 11) is 0. The Balaban J connectivity index is 1.95. The molecule has 1 aromatic carbocycles. The molecule has 1 amide bonds. The van der Waals surface area contributed by atoms with Gasteiger partial charge in [0.2, 0.25) is 0 Å². The molecule has 0 unspecified atom stereocenters. The van der Waals surface area contributed by atoms with Crippen LogP contribution >= 0.6 is 0 Å². The third-order valence-electron chi connectivity index (χ3n) is 2.64. The van der Waals surface area contributed by atoms with Crippen LogP contribution in [-0.4, -0.2) is 30.7 Å². The van der Waals surface area contributed by atoms with Gasteiger partial charge < -0.3 is 15.2 Å². The van der Waals surface area contributed by atoms with Crippen molar-refractivity contribution in [3.63, 3.8) is 0 Å². The Morgan fingerprint density at radius 1 is 1.26 bits per heavy atom. The van der Waals surface area contributed by atoms with E-state index in [2.05, 4.69) is 15.8 Å². The molecule has 0 aliphatic rings. The number of hydrogen-bond donors (Lipinski definition) is 2. The van der Waals surface area contributed by atoms with Crippen molar-refractivity contribution in [2.75, 3.05) is 19.6 Å². The molecule has 1 aromatic heterocycles. The maximum absolute atomic E-state index is 11.8. The number of likely N-dealkylation sites (N-methyl/N-ethyl adjacent to an activating group) is 1. The van der Waals surface area contributed by atoms with Crippen LogP contribution in [0.25, 0.3) is 11.3 Å². The van der Waals surface area contributed by atoms with Crippen molar-refractivity contribution in [2.24, 2.45) is 0 Å². The summed E-state index contributed by atoms with van der Waals surface area (Å²) in [6.45, 7) is 4.22. The number of carbonyl (C=O) groups excluding carboxylic acids is 1. The summed E-state index contributed by atoms with van der Waals surface area (Å²) in [4.78, 5) is 11.8. The molecule has 0 aliphatic carbocycles. The lowest BCUT2D eigenvalue weighted by Crippen LogP contribution is -2.31. The van der Waals surface area contributed by atoms with Gasteiger partial charge in [-0.2, -0.15) is 0 Å². The van der Waals surface area contributed by atoms with Crippen LogP contribution in [0, 0.1) is 0 Å². The molecule has 0 saturated carbocycles. The standard InChI is InChI=1S/C14H17N3O2/c1-2-15-8-9-16-14(18)12-10-13(19-17-12)11-6-4-3-5-7-11/h3-7,10,15H,2,8-9H2,1H3,(H,16,18). The van der Waals surface area contributed by atoms with Crippen LogP contribution in [-0.2, 0) is 0 Å². The number of hydrogen-bond acceptors (Lipinski definition) is 4. The molecule has 5 nitrogen and oxygen atoms in total. The van der Waals surface area contributed by atoms with Crippen LogP contribution < -0.4 is 10.6 Å². The van der Waals surface area contributed by atoms with E-state index in [9.17, 15) is 4.79 Å². The molecule has 0 saturated heterocycles. The number of nitrogens with zero attached hydrogens (tertiary/aromatic N) is 1. The van der Waals surface area contributed by atoms with Gasteiger partial charge in [0.1, 0.15) is 0 Å². The topological polar surface area (TPSA) is 67.2 Å². The Hall–Kier alpha value is -2.14. The van der Waals surface area contributed by atoms with Crippen molar-refractivity contribution in [3.8, 4) is 11.3 Å². The van der Waals surface area contributed by atoms with E-state index in [0.717, 1.165) is 18.7 Å². The van der Waals surface area contributed by atoms with Crippen LogP contribution in [0.3, 0.4) is 0 Å². The zero-order valence-corrected chi connectivity index (χ0v) is 10.8. The lowest BCUT2D eigenvalue weighted by Gasteiger charge is -2.02. The molecular weight excluding hydrogens is 242 g/mol. The average Bonchev–Trinajstić information content (AvgIpc) is 2.94. The van der Waals surface area contributed by atoms with Gasteiger partial charge in [-0.3, -0.25) is 4.79 Å². The van der Waals surface area contributed by atoms with E-state index >= 15 is 0 Å². The van der Waals surface area contributed by atoms with Gasteiger partial charge in [0.25, 0.3) is 5.91 Å². The fraction of sp³-hybridized carbons (Fsp3) is 0.286. The Morgan fingerprint density at radius 3 is 2.79 bits per heavy atom. The maximum Gasteiger partial charge on any atom is 0.273 e. The first kappa shape index (κ1) is 13.3. The summed E-state index contributed by atoms with van der Waals surface area (Å²) in [5.74, 6) is 0.376. The van der Waals surface area contributed by atoms with Gasteiger partial charge >= 0.3 is 0 Å². The van der Waals surface area contributed by atoms with Crippen molar-refractivity contribution in [3.05, 3.63) is 42.1 Å². The molecule has 100 valence electrons. The molecule has 2 aromatic rings. The fourth-order valence-corrected chi connectivity index (χ4v) is 1.65. The van der Waals surface area contributed by atoms with Crippen molar-refractivity contribution in [1.82, 2.24) is 15.8 Å². The van der Waals surface area contributed by atoms with Crippen molar-refractivity contribution < 1.29 is 9.32 Å². The lowest BCUT2D eigenvalue weighted by molar-refractivity contribution is 0.0945. The van der Waals surface area contributed by atoms with E-state index in [1.807, 2.05) is 37.3 Å². The highest BCUT2D eigenvalue weighted by molar-refractivity contribution is 5.93. The van der Waals surface area contributed by atoms with Crippen LogP contribution in [0.2, 0.25) is 0 Å². The zero-order chi connectivity index (χ0) is 13.5. The van der Waals surface area contributed by atoms with Gasteiger partial charge in [-0.15, -0.1) is 0 Å². The highest BCUT2D eigenvalue weighted by Gasteiger charge is 2.12. The fourth-order valence-electron chi connectivity index (χ4n) is 1.65. The number of benzene rings is 1. The van der Waals surface area contributed by atoms with Crippen molar-refractivity contribution in [1.29, 1.82) is 0 Å². The van der Waals surface area contributed by atoms with Crippen molar-refractivity contribution >= 4 is 5.91 Å². The van der Waals surface area contributed by atoms with Crippen LogP contribution in [0.5, 0.6) is 0 Å². The maximum atomic E-state index is 11.8. The first-order valence-electron chi connectivity index (χ1n) is 6.32. The first-order valence-corrected chi connectivity index (χ1v) is 6.32. The molecule has 5 heteroatoms. The number of aromatic nitrogens is 1. The number of amides is 1. The van der Waals surface area contributed by atoms with E-state index < -0.39 is 0 Å². The van der Waals surface area contributed by atoms with Crippen LogP contribution in [0.1, 0.15) is 17.4 Å². The molecule has 0 spiro atoms. The Labute approximate surface area is 112 Å². The molecular formula is C14H17N3O2. The Kier molecular flexibility index (Phi) is 4.69. The zero-order valence-electron chi connectivity index (χ0n) is 10.8. The molecule has 2 N–H and O–H groups in total. The summed E-state index contributed by atoms with van der Waals surface area (Å²) in [6, 6.07) is 11.2. The number of nitrogens with one attached hydrogen (secondary N) is 2. The van der Waals surface area contributed by atoms with Crippen LogP contribution in [0.15, 0.2) is 40.9 Å². The predicted octanol–water partition coefficient (Wildman–Crippen LogP) is 1.68. The largest absolute Gasteiger partial charge is 0.355 e. The monoisotopic (exact) mass is 259 g/mol. The minimum atomic E-state index is -0.219. The van der Waals surface area contributed by atoms with Gasteiger partial charge in [-0.1, -0.05) is 42.4 Å². The molecule has 2 rings (SSSR count). The Bertz CT molecular complexity index is 522. The van der Waals surface area contributed by atoms with E-state index in [1.165, 1.54) is 0 Å². The van der Waals surface area contributed by atoms with E-state index in [0.29, 0.717) is 18.0 Å². The molecule has 0 atom stereocenters. The van der Waals surface area contributed by atoms with Crippen LogP contribution in [0.4, 0.5) is 0 Å². The quantitative estimate of drug-likeness (QED) is 0.775. The average molecular weight is 259 g/mol. The summed E-state index contributed by atoms with van der Waals surface area (Å²) < 4.78 is 5.17. The second-order valence-electron chi connectivity index (χ2n) is 4.05. The molecule has 0 radical (unpaired) electrons. The molecule has 19 heavy (non-hydrogen) atoms. The summed E-state index contributed by atoms with van der Waals surface area (Å²) in [5.41, 5.74) is 1.21. The first-order chi connectivity index (χ1) is 9.31. The van der Waals surface area contributed by atoms with E-state index in [-0.39, 0.29) is 5.91 Å². The smallest absolute Gasteiger partial charge is 0.273 e. The molecule has 0 aliphatic heterocycles. The molecule has 0 fully saturated rings. The lowest BCUT2D eigenvalue weighted by atomic mass is 10.1. The van der Waals surface area contributed by atoms with Gasteiger partial charge in [0, 0.05) is 24.7 Å². The van der Waals surface area contributed by atoms with Gasteiger partial charge in [0.15, 0.2) is 11.5 Å². The molecule has 1 heterocycles. The van der Waals surface area contributed by atoms with Gasteiger partial charge in [-0.25, -0.2) is 0 Å². The van der Waals surface area contributed by atoms with E-state index in [4.69, 9.17) is 4.52 Å². The molecule has 0 bridgehead atoms. The normalized spacial score (nSPS) is 10.4. The number of rotatable bonds is 6. The second kappa shape index (κ2) is 6.70. The highest BCUT2D eigenvalue weighted by atomic mass is 16.5. The van der Waals surface area contributed by atoms with Gasteiger partial charge in [-0.05, 0) is 6.54 Å². The predicted molar refractivity (Wildman–Crippen MR) is 72.8 cm³/mol. The Morgan fingerprint density at radius 2 is 2.05 bits per heavy atom. The number of carbonyl (C=O) groups is 1. The minimum absolute atomic E-state index is 0.219. The SMILES string of the molecule is CCNCCNC(=O)c1cc(-c2ccccc2)on1. The summed E-state index contributed by atoms with van der Waals surface area (Å²) in [5, 5.41) is 9.69. The minimum Gasteiger partial charge on any atom is -0.355 e. The highest BCUT2D eigenvalue weighted by Crippen LogP contribution is 2.19. The van der Waals surface area contributed by atoms with Crippen molar-refractivity contribution in [2.45, 2.75) is 6.92 Å². The van der Waals surface area contributed by atoms with Gasteiger partial charge in [0.05, 0.1) is 0 Å². The third kappa shape index (κ3) is 3.66. The summed E-state index contributed by atoms with van der Waals surface area (Å²) in [6.07, 6.45) is 0. The second-order valence-corrected chi connectivity index (χ2v) is 4.05. The van der Waals surface area contributed by atoms with E-state index in [1.54, 1.807) is 6.07 Å². The summed E-state index contributed by atoms with van der Waals surface area (Å²) >= 11 is 0.